The fourth-order valence-electron chi connectivity index (χ4n) is 2.72. The van der Waals surface area contributed by atoms with Crippen LogP contribution >= 0.6 is 0 Å². The van der Waals surface area contributed by atoms with Gasteiger partial charge in [0, 0.05) is 0 Å². The molecule has 0 saturated heterocycles. The number of hydrogen-bond donors (Lipinski definition) is 0. The van der Waals surface area contributed by atoms with Crippen molar-refractivity contribution in [2.75, 3.05) is 0 Å². The van der Waals surface area contributed by atoms with Crippen LogP contribution < -0.4 is 0 Å². The third kappa shape index (κ3) is 4.59. The van der Waals surface area contributed by atoms with Crippen molar-refractivity contribution in [1.29, 1.82) is 0 Å². The Hall–Kier alpha value is -1.82. The summed E-state index contributed by atoms with van der Waals surface area (Å²) in [5.74, 6) is 0. The van der Waals surface area contributed by atoms with Gasteiger partial charge < -0.3 is 0 Å². The van der Waals surface area contributed by atoms with Crippen LogP contribution in [0.25, 0.3) is 5.57 Å². The Bertz CT molecular complexity index is 629. The monoisotopic (exact) mass is 292 g/mol. The zero-order valence-electron chi connectivity index (χ0n) is 14.4. The van der Waals surface area contributed by atoms with Gasteiger partial charge in [0.1, 0.15) is 0 Å². The number of rotatable bonds is 6. The maximum Gasteiger partial charge on any atom is -0.0225 e. The topological polar surface area (TPSA) is 0 Å². The molecule has 0 heteroatoms. The predicted octanol–water partition coefficient (Wildman–Crippen LogP) is 6.37. The van der Waals surface area contributed by atoms with Crippen molar-refractivity contribution in [3.63, 3.8) is 0 Å². The van der Waals surface area contributed by atoms with Gasteiger partial charge in [-0.3, -0.25) is 0 Å². The van der Waals surface area contributed by atoms with Gasteiger partial charge in [-0.2, -0.15) is 0 Å². The normalized spacial score (nSPS) is 12.2. The molecule has 0 unspecified atom stereocenters. The van der Waals surface area contributed by atoms with Crippen molar-refractivity contribution >= 4 is 5.57 Å². The van der Waals surface area contributed by atoms with Gasteiger partial charge in [0.2, 0.25) is 0 Å². The summed E-state index contributed by atoms with van der Waals surface area (Å²) >= 11 is 0. The molecule has 0 atom stereocenters. The molecule has 0 aliphatic carbocycles. The second-order valence-corrected chi connectivity index (χ2v) is 6.30. The standard InChI is InChI=1S/C22H28/c1-5-18(3)19(4)22-11-7-10-21(16-22)9-6-8-20-14-12-17(2)13-15-20/h7,10-16H,5-6,8-9H2,1-4H3/b19-18-. The fourth-order valence-corrected chi connectivity index (χ4v) is 2.72. The van der Waals surface area contributed by atoms with Crippen molar-refractivity contribution in [2.24, 2.45) is 0 Å². The van der Waals surface area contributed by atoms with Gasteiger partial charge in [-0.1, -0.05) is 66.6 Å². The summed E-state index contributed by atoms with van der Waals surface area (Å²) in [5.41, 5.74) is 8.53. The van der Waals surface area contributed by atoms with E-state index in [0.29, 0.717) is 0 Å². The molecular formula is C22H28. The third-order valence-electron chi connectivity index (χ3n) is 4.58. The molecule has 0 bridgehead atoms. The Morgan fingerprint density at radius 2 is 1.55 bits per heavy atom. The number of aryl methyl sites for hydroxylation is 3. The first-order valence-corrected chi connectivity index (χ1v) is 8.41. The molecule has 0 radical (unpaired) electrons. The van der Waals surface area contributed by atoms with E-state index in [1.54, 1.807) is 0 Å². The Morgan fingerprint density at radius 1 is 0.864 bits per heavy atom. The van der Waals surface area contributed by atoms with Crippen molar-refractivity contribution < 1.29 is 0 Å². The zero-order valence-corrected chi connectivity index (χ0v) is 14.4. The largest absolute Gasteiger partial charge is 0.0701 e. The molecular weight excluding hydrogens is 264 g/mol. The lowest BCUT2D eigenvalue weighted by Crippen LogP contribution is -1.92. The lowest BCUT2D eigenvalue weighted by molar-refractivity contribution is 0.820. The predicted molar refractivity (Wildman–Crippen MR) is 98.2 cm³/mol. The second-order valence-electron chi connectivity index (χ2n) is 6.30. The van der Waals surface area contributed by atoms with Crippen molar-refractivity contribution in [2.45, 2.75) is 53.4 Å². The maximum atomic E-state index is 2.36. The molecule has 0 spiro atoms. The number of hydrogen-bond acceptors (Lipinski definition) is 0. The lowest BCUT2D eigenvalue weighted by atomic mass is 9.97. The Balaban J connectivity index is 1.97. The quantitative estimate of drug-likeness (QED) is 0.580. The van der Waals surface area contributed by atoms with Crippen LogP contribution in [0.4, 0.5) is 0 Å². The Morgan fingerprint density at radius 3 is 2.23 bits per heavy atom. The highest BCUT2D eigenvalue weighted by molar-refractivity contribution is 5.66. The zero-order chi connectivity index (χ0) is 15.9. The molecule has 0 amide bonds. The molecule has 0 nitrogen and oxygen atoms in total. The smallest absolute Gasteiger partial charge is 0.0225 e. The molecule has 0 saturated carbocycles. The van der Waals surface area contributed by atoms with Crippen LogP contribution in [0.3, 0.4) is 0 Å². The van der Waals surface area contributed by atoms with Gasteiger partial charge in [-0.15, -0.1) is 0 Å². The first-order valence-electron chi connectivity index (χ1n) is 8.41. The minimum absolute atomic E-state index is 1.13. The average Bonchev–Trinajstić information content (AvgIpc) is 2.55. The van der Waals surface area contributed by atoms with Crippen LogP contribution in [0.2, 0.25) is 0 Å². The van der Waals surface area contributed by atoms with Gasteiger partial charge in [0.15, 0.2) is 0 Å². The molecule has 2 rings (SSSR count). The minimum atomic E-state index is 1.13. The van der Waals surface area contributed by atoms with Crippen LogP contribution in [-0.4, -0.2) is 0 Å². The summed E-state index contributed by atoms with van der Waals surface area (Å²) in [6.07, 6.45) is 4.65. The summed E-state index contributed by atoms with van der Waals surface area (Å²) in [7, 11) is 0. The molecule has 0 heterocycles. The van der Waals surface area contributed by atoms with Gasteiger partial charge in [-0.05, 0) is 68.7 Å². The van der Waals surface area contributed by atoms with E-state index < -0.39 is 0 Å². The van der Waals surface area contributed by atoms with Gasteiger partial charge in [0.05, 0.1) is 0 Å². The molecule has 116 valence electrons. The van der Waals surface area contributed by atoms with E-state index in [2.05, 4.69) is 76.2 Å². The van der Waals surface area contributed by atoms with Crippen molar-refractivity contribution in [3.05, 3.63) is 76.4 Å². The van der Waals surface area contributed by atoms with Crippen LogP contribution in [0, 0.1) is 6.92 Å². The molecule has 2 aromatic rings. The molecule has 0 N–H and O–H groups in total. The van der Waals surface area contributed by atoms with E-state index in [4.69, 9.17) is 0 Å². The Kier molecular flexibility index (Phi) is 6.00. The highest BCUT2D eigenvalue weighted by Crippen LogP contribution is 2.21. The van der Waals surface area contributed by atoms with Gasteiger partial charge in [0.25, 0.3) is 0 Å². The van der Waals surface area contributed by atoms with Crippen LogP contribution in [0.5, 0.6) is 0 Å². The summed E-state index contributed by atoms with van der Waals surface area (Å²) in [5, 5.41) is 0. The summed E-state index contributed by atoms with van der Waals surface area (Å²) < 4.78 is 0. The fraction of sp³-hybridized carbons (Fsp3) is 0.364. The highest BCUT2D eigenvalue weighted by atomic mass is 14.1. The number of benzene rings is 2. The summed E-state index contributed by atoms with van der Waals surface area (Å²) in [6, 6.07) is 18.0. The SMILES string of the molecule is CC/C(C)=C(/C)c1cccc(CCCc2ccc(C)cc2)c1. The first-order chi connectivity index (χ1) is 10.6. The van der Waals surface area contributed by atoms with Gasteiger partial charge in [-0.25, -0.2) is 0 Å². The van der Waals surface area contributed by atoms with Crippen LogP contribution in [0.15, 0.2) is 54.1 Å². The summed E-state index contributed by atoms with van der Waals surface area (Å²) in [4.78, 5) is 0. The first kappa shape index (κ1) is 16.5. The number of allylic oxidation sites excluding steroid dienone is 2. The Labute approximate surface area is 135 Å². The maximum absolute atomic E-state index is 2.36. The lowest BCUT2D eigenvalue weighted by Gasteiger charge is -2.09. The van der Waals surface area contributed by atoms with Crippen LogP contribution in [0.1, 0.15) is 55.9 Å². The average molecular weight is 292 g/mol. The minimum Gasteiger partial charge on any atom is -0.0701 e. The third-order valence-corrected chi connectivity index (χ3v) is 4.58. The highest BCUT2D eigenvalue weighted by Gasteiger charge is 2.02. The van der Waals surface area contributed by atoms with E-state index in [9.17, 15) is 0 Å². The van der Waals surface area contributed by atoms with Crippen molar-refractivity contribution in [3.8, 4) is 0 Å². The molecule has 0 fully saturated rings. The van der Waals surface area contributed by atoms with E-state index in [1.807, 2.05) is 0 Å². The van der Waals surface area contributed by atoms with E-state index in [0.717, 1.165) is 19.3 Å². The van der Waals surface area contributed by atoms with E-state index in [1.165, 1.54) is 39.8 Å². The molecule has 0 aliphatic rings. The van der Waals surface area contributed by atoms with E-state index in [-0.39, 0.29) is 0 Å². The molecule has 0 aliphatic heterocycles. The molecule has 2 aromatic carbocycles. The second kappa shape index (κ2) is 7.98. The summed E-state index contributed by atoms with van der Waals surface area (Å²) in [6.45, 7) is 8.84. The molecule has 22 heavy (non-hydrogen) atoms. The van der Waals surface area contributed by atoms with Crippen LogP contribution in [-0.2, 0) is 12.8 Å². The molecule has 0 aromatic heterocycles. The van der Waals surface area contributed by atoms with E-state index >= 15 is 0 Å². The van der Waals surface area contributed by atoms with Gasteiger partial charge >= 0.3 is 0 Å². The van der Waals surface area contributed by atoms with Crippen molar-refractivity contribution in [1.82, 2.24) is 0 Å².